The molecular weight excluding hydrogens is 399 g/mol. The van der Waals surface area contributed by atoms with Crippen LogP contribution in [0.2, 0.25) is 5.02 Å². The van der Waals surface area contributed by atoms with Gasteiger partial charge in [0.25, 0.3) is 0 Å². The zero-order chi connectivity index (χ0) is 19.6. The van der Waals surface area contributed by atoms with E-state index in [2.05, 4.69) is 4.74 Å². The predicted molar refractivity (Wildman–Crippen MR) is 79.3 cm³/mol. The van der Waals surface area contributed by atoms with E-state index >= 15 is 0 Å². The molecule has 0 atom stereocenters. The number of carbonyl (C=O) groups is 1. The number of ether oxygens (including phenoxy) is 1. The fraction of sp³-hybridized carbons (Fsp3) is 0.357. The summed E-state index contributed by atoms with van der Waals surface area (Å²) < 4.78 is 81.4. The van der Waals surface area contributed by atoms with Crippen LogP contribution in [0.5, 0.6) is 5.75 Å². The number of allylic oxidation sites excluding steroid dienone is 1. The number of primary amides is 1. The lowest BCUT2D eigenvalue weighted by Gasteiger charge is -2.23. The van der Waals surface area contributed by atoms with E-state index in [-0.39, 0.29) is 23.4 Å². The maximum atomic E-state index is 13.4. The Morgan fingerprint density at radius 2 is 1.80 bits per heavy atom. The van der Waals surface area contributed by atoms with E-state index in [0.717, 1.165) is 6.07 Å². The van der Waals surface area contributed by atoms with E-state index in [1.54, 1.807) is 6.92 Å². The Morgan fingerprint density at radius 3 is 2.20 bits per heavy atom. The van der Waals surface area contributed by atoms with Gasteiger partial charge in [-0.3, -0.25) is 4.79 Å². The maximum Gasteiger partial charge on any atom is 0.461 e. The molecule has 1 aromatic carbocycles. The monoisotopic (exact) mass is 409 g/mol. The van der Waals surface area contributed by atoms with Crippen molar-refractivity contribution in [2.24, 2.45) is 5.73 Å². The summed E-state index contributed by atoms with van der Waals surface area (Å²) in [6.45, 7) is 1.58. The van der Waals surface area contributed by atoms with Crippen molar-refractivity contribution in [3.63, 3.8) is 0 Å². The molecule has 25 heavy (non-hydrogen) atoms. The minimum atomic E-state index is -6.14. The molecule has 0 unspecified atom stereocenters. The largest absolute Gasteiger partial charge is 0.461 e. The number of amides is 1. The minimum absolute atomic E-state index is 0.177. The molecule has 0 aliphatic carbocycles. The summed E-state index contributed by atoms with van der Waals surface area (Å²) in [7, 11) is 0. The first-order valence-corrected chi connectivity index (χ1v) is 7.35. The van der Waals surface area contributed by atoms with Crippen LogP contribution in [0.15, 0.2) is 23.2 Å². The standard InChI is InChI=1S/C14H11Cl2F6NO2/c1-2-7-6(5-9(23)24)3-4-8(10(7)15)25-11(12(16)17)13(18,19)14(20,21)22/h3-4H,2,5H2,1H3,(H2,23,24)/b12-11+. The van der Waals surface area contributed by atoms with Crippen LogP contribution < -0.4 is 10.5 Å². The van der Waals surface area contributed by atoms with Gasteiger partial charge in [0.15, 0.2) is 0 Å². The first-order valence-electron chi connectivity index (χ1n) is 6.59. The molecule has 11 heteroatoms. The molecule has 1 amide bonds. The van der Waals surface area contributed by atoms with Crippen LogP contribution in [0.1, 0.15) is 18.1 Å². The van der Waals surface area contributed by atoms with E-state index in [1.807, 2.05) is 0 Å². The van der Waals surface area contributed by atoms with Crippen LogP contribution in [0.4, 0.5) is 26.3 Å². The summed E-state index contributed by atoms with van der Waals surface area (Å²) in [4.78, 5) is 11.0. The molecule has 0 radical (unpaired) electrons. The fourth-order valence-corrected chi connectivity index (χ4v) is 2.43. The third-order valence-electron chi connectivity index (χ3n) is 3.05. The molecule has 2 N–H and O–H groups in total. The van der Waals surface area contributed by atoms with Crippen molar-refractivity contribution in [3.05, 3.63) is 39.3 Å². The Balaban J connectivity index is 3.38. The Kier molecular flexibility index (Phi) is 6.63. The fourth-order valence-electron chi connectivity index (χ4n) is 1.91. The third kappa shape index (κ3) is 4.72. The molecule has 0 heterocycles. The molecule has 0 bridgehead atoms. The summed E-state index contributed by atoms with van der Waals surface area (Å²) in [5.74, 6) is -9.51. The van der Waals surface area contributed by atoms with Gasteiger partial charge in [-0.25, -0.2) is 0 Å². The lowest BCUT2D eigenvalue weighted by Crippen LogP contribution is -2.40. The zero-order valence-corrected chi connectivity index (χ0v) is 14.0. The number of carbonyl (C=O) groups excluding carboxylic acids is 1. The number of hydrogen-bond acceptors (Lipinski definition) is 2. The number of hydrogen-bond donors (Lipinski definition) is 1. The molecule has 1 aromatic rings. The molecule has 0 saturated carbocycles. The molecule has 1 rings (SSSR count). The number of alkyl halides is 5. The van der Waals surface area contributed by atoms with Crippen LogP contribution in [-0.2, 0) is 17.6 Å². The Bertz CT molecular complexity index is 699. The van der Waals surface area contributed by atoms with E-state index in [4.69, 9.17) is 28.9 Å². The maximum absolute atomic E-state index is 13.4. The Labute approximate surface area is 148 Å². The van der Waals surface area contributed by atoms with E-state index in [0.29, 0.717) is 5.56 Å². The van der Waals surface area contributed by atoms with Crippen LogP contribution in [0, 0.1) is 0 Å². The highest BCUT2D eigenvalue weighted by molar-refractivity contribution is 6.33. The second kappa shape index (κ2) is 7.74. The van der Waals surface area contributed by atoms with Gasteiger partial charge in [0, 0.05) is 0 Å². The summed E-state index contributed by atoms with van der Waals surface area (Å²) in [5.41, 5.74) is 5.60. The molecule has 3 nitrogen and oxygen atoms in total. The van der Waals surface area contributed by atoms with Crippen molar-refractivity contribution < 1.29 is 35.9 Å². The topological polar surface area (TPSA) is 52.3 Å². The highest BCUT2D eigenvalue weighted by Crippen LogP contribution is 2.45. The number of rotatable bonds is 6. The molecule has 0 aromatic heterocycles. The number of benzene rings is 1. The molecule has 140 valence electrons. The van der Waals surface area contributed by atoms with Crippen molar-refractivity contribution >= 4 is 29.1 Å². The molecule has 0 aliphatic rings. The minimum Gasteiger partial charge on any atom is -0.449 e. The average Bonchev–Trinajstić information content (AvgIpc) is 2.44. The van der Waals surface area contributed by atoms with Gasteiger partial charge in [-0.1, -0.05) is 24.6 Å². The molecule has 0 spiro atoms. The van der Waals surface area contributed by atoms with Crippen LogP contribution in [0.25, 0.3) is 0 Å². The van der Waals surface area contributed by atoms with E-state index in [1.165, 1.54) is 6.07 Å². The van der Waals surface area contributed by atoms with Gasteiger partial charge < -0.3 is 10.5 Å². The van der Waals surface area contributed by atoms with Crippen molar-refractivity contribution in [2.45, 2.75) is 31.9 Å². The zero-order valence-electron chi connectivity index (χ0n) is 12.5. The van der Waals surface area contributed by atoms with E-state index < -0.39 is 34.8 Å². The molecule has 0 saturated heterocycles. The quantitative estimate of drug-likeness (QED) is 0.537. The highest BCUT2D eigenvalue weighted by Gasteiger charge is 2.63. The van der Waals surface area contributed by atoms with Gasteiger partial charge in [0.1, 0.15) is 5.75 Å². The highest BCUT2D eigenvalue weighted by atomic mass is 35.5. The SMILES string of the molecule is CCc1c(CC(N)=O)ccc(O/C(=C(/F)Cl)C(F)(F)C(F)(F)F)c1Cl. The van der Waals surface area contributed by atoms with Gasteiger partial charge in [-0.05, 0) is 35.2 Å². The van der Waals surface area contributed by atoms with Crippen LogP contribution in [-0.4, -0.2) is 18.0 Å². The van der Waals surface area contributed by atoms with Crippen molar-refractivity contribution in [3.8, 4) is 5.75 Å². The second-order valence-electron chi connectivity index (χ2n) is 4.78. The molecule has 0 aliphatic heterocycles. The third-order valence-corrected chi connectivity index (χ3v) is 3.63. The Hall–Kier alpha value is -1.61. The second-order valence-corrected chi connectivity index (χ2v) is 5.49. The first-order chi connectivity index (χ1) is 11.3. The van der Waals surface area contributed by atoms with Crippen LogP contribution >= 0.6 is 23.2 Å². The van der Waals surface area contributed by atoms with Gasteiger partial charge in [-0.15, -0.1) is 0 Å². The smallest absolute Gasteiger partial charge is 0.449 e. The van der Waals surface area contributed by atoms with Crippen molar-refractivity contribution in [1.29, 1.82) is 0 Å². The lowest BCUT2D eigenvalue weighted by molar-refractivity contribution is -0.273. The van der Waals surface area contributed by atoms with Gasteiger partial charge >= 0.3 is 12.1 Å². The summed E-state index contributed by atoms with van der Waals surface area (Å²) >= 11 is 10.6. The van der Waals surface area contributed by atoms with Gasteiger partial charge in [0.05, 0.1) is 11.4 Å². The number of nitrogens with two attached hydrogens (primary N) is 1. The van der Waals surface area contributed by atoms with Gasteiger partial charge in [-0.2, -0.15) is 26.3 Å². The van der Waals surface area contributed by atoms with E-state index in [9.17, 15) is 31.1 Å². The average molecular weight is 410 g/mol. The molecule has 0 fully saturated rings. The van der Waals surface area contributed by atoms with Crippen LogP contribution in [0.3, 0.4) is 0 Å². The van der Waals surface area contributed by atoms with Crippen molar-refractivity contribution in [2.75, 3.05) is 0 Å². The van der Waals surface area contributed by atoms with Crippen molar-refractivity contribution in [1.82, 2.24) is 0 Å². The Morgan fingerprint density at radius 1 is 1.24 bits per heavy atom. The normalized spacial score (nSPS) is 13.5. The van der Waals surface area contributed by atoms with Gasteiger partial charge in [0.2, 0.25) is 17.0 Å². The number of halogens is 8. The first kappa shape index (κ1) is 21.4. The lowest BCUT2D eigenvalue weighted by atomic mass is 10.0. The molecular formula is C14H11Cl2F6NO2. The predicted octanol–water partition coefficient (Wildman–Crippen LogP) is 4.88. The summed E-state index contributed by atoms with van der Waals surface area (Å²) in [6.07, 6.45) is -6.20. The summed E-state index contributed by atoms with van der Waals surface area (Å²) in [6, 6.07) is 2.10. The summed E-state index contributed by atoms with van der Waals surface area (Å²) in [5, 5.41) is -2.74.